The monoisotopic (exact) mass is 437 g/mol. The van der Waals surface area contributed by atoms with Crippen LogP contribution < -0.4 is 4.72 Å². The van der Waals surface area contributed by atoms with Gasteiger partial charge in [0.15, 0.2) is 0 Å². The maximum Gasteiger partial charge on any atom is 0.309 e. The van der Waals surface area contributed by atoms with E-state index >= 15 is 0 Å². The highest BCUT2D eigenvalue weighted by atomic mass is 35.5. The minimum absolute atomic E-state index is 0.0981. The summed E-state index contributed by atoms with van der Waals surface area (Å²) in [5.74, 6) is -1.77. The number of benzene rings is 2. The molecule has 0 spiro atoms. The number of aliphatic carboxylic acids is 1. The van der Waals surface area contributed by atoms with Crippen LogP contribution in [0.5, 0.6) is 0 Å². The van der Waals surface area contributed by atoms with Gasteiger partial charge in [0.25, 0.3) is 0 Å². The molecule has 0 bridgehead atoms. The van der Waals surface area contributed by atoms with E-state index in [1.54, 1.807) is 13.0 Å². The summed E-state index contributed by atoms with van der Waals surface area (Å²) in [6.45, 7) is 2.03. The van der Waals surface area contributed by atoms with Crippen LogP contribution in [0.25, 0.3) is 0 Å². The molecule has 0 aliphatic heterocycles. The third kappa shape index (κ3) is 4.98. The van der Waals surface area contributed by atoms with Crippen molar-refractivity contribution >= 4 is 27.6 Å². The van der Waals surface area contributed by atoms with Gasteiger partial charge in [-0.25, -0.2) is 13.1 Å². The lowest BCUT2D eigenvalue weighted by Crippen LogP contribution is -2.29. The number of nitrogens with one attached hydrogen (secondary N) is 1. The van der Waals surface area contributed by atoms with Crippen molar-refractivity contribution in [3.63, 3.8) is 0 Å². The van der Waals surface area contributed by atoms with Gasteiger partial charge in [0.05, 0.1) is 16.9 Å². The molecule has 0 heterocycles. The lowest BCUT2D eigenvalue weighted by molar-refractivity contribution is -0.146. The van der Waals surface area contributed by atoms with E-state index in [4.69, 9.17) is 11.6 Å². The summed E-state index contributed by atoms with van der Waals surface area (Å²) in [5, 5.41) is 20.2. The van der Waals surface area contributed by atoms with Gasteiger partial charge in [0.2, 0.25) is 10.0 Å². The van der Waals surface area contributed by atoms with Crippen LogP contribution in [-0.4, -0.2) is 31.1 Å². The van der Waals surface area contributed by atoms with Gasteiger partial charge in [-0.2, -0.15) is 0 Å². The first-order valence-electron chi connectivity index (χ1n) is 9.49. The summed E-state index contributed by atoms with van der Waals surface area (Å²) in [5.41, 5.74) is 2.71. The molecule has 2 aromatic carbocycles. The second-order valence-corrected chi connectivity index (χ2v) is 9.61. The maximum absolute atomic E-state index is 12.4. The fraction of sp³-hybridized carbons (Fsp3) is 0.381. The van der Waals surface area contributed by atoms with E-state index in [1.807, 2.05) is 12.1 Å². The fourth-order valence-electron chi connectivity index (χ4n) is 3.75. The molecule has 0 aromatic heterocycles. The van der Waals surface area contributed by atoms with Crippen LogP contribution in [0.2, 0.25) is 5.02 Å². The molecular weight excluding hydrogens is 414 g/mol. The zero-order valence-corrected chi connectivity index (χ0v) is 17.6. The Bertz CT molecular complexity index is 991. The Morgan fingerprint density at radius 1 is 1.17 bits per heavy atom. The summed E-state index contributed by atoms with van der Waals surface area (Å²) in [4.78, 5) is 11.5. The van der Waals surface area contributed by atoms with Gasteiger partial charge in [-0.1, -0.05) is 36.7 Å². The van der Waals surface area contributed by atoms with Crippen LogP contribution in [0.4, 0.5) is 0 Å². The van der Waals surface area contributed by atoms with E-state index in [1.165, 1.54) is 24.3 Å². The Labute approximate surface area is 175 Å². The summed E-state index contributed by atoms with van der Waals surface area (Å²) in [7, 11) is -3.61. The van der Waals surface area contributed by atoms with E-state index in [9.17, 15) is 23.4 Å². The number of hydrogen-bond acceptors (Lipinski definition) is 4. The zero-order valence-electron chi connectivity index (χ0n) is 16.0. The maximum atomic E-state index is 12.4. The number of aliphatic hydroxyl groups is 1. The standard InChI is InChI=1S/C21H24ClNO5S/c1-2-19(21(25)26)20(24)15-4-3-14-9-13(10-16(14)11-15)12-23-29(27,28)18-7-5-17(22)6-8-18/h3-8,11,13,19-20,23-24H,2,9-10,12H2,1H3,(H,25,26). The Morgan fingerprint density at radius 2 is 1.83 bits per heavy atom. The van der Waals surface area contributed by atoms with E-state index < -0.39 is 28.0 Å². The summed E-state index contributed by atoms with van der Waals surface area (Å²) < 4.78 is 27.5. The van der Waals surface area contributed by atoms with Crippen molar-refractivity contribution in [3.8, 4) is 0 Å². The summed E-state index contributed by atoms with van der Waals surface area (Å²) in [6.07, 6.45) is 0.668. The van der Waals surface area contributed by atoms with Gasteiger partial charge in [-0.3, -0.25) is 4.79 Å². The number of halogens is 1. The molecule has 1 aliphatic carbocycles. The first-order valence-corrected chi connectivity index (χ1v) is 11.3. The molecule has 6 nitrogen and oxygen atoms in total. The van der Waals surface area contributed by atoms with E-state index in [-0.39, 0.29) is 10.8 Å². The van der Waals surface area contributed by atoms with Gasteiger partial charge in [-0.05, 0) is 66.1 Å². The SMILES string of the molecule is CCC(C(=O)O)C(O)c1ccc2c(c1)CC(CNS(=O)(=O)c1ccc(Cl)cc1)C2. The van der Waals surface area contributed by atoms with Crippen LogP contribution >= 0.6 is 11.6 Å². The summed E-state index contributed by atoms with van der Waals surface area (Å²) in [6, 6.07) is 11.5. The fourth-order valence-corrected chi connectivity index (χ4v) is 4.99. The van der Waals surface area contributed by atoms with Gasteiger partial charge in [0, 0.05) is 11.6 Å². The zero-order chi connectivity index (χ0) is 21.2. The molecule has 0 saturated heterocycles. The highest BCUT2D eigenvalue weighted by molar-refractivity contribution is 7.89. The first kappa shape index (κ1) is 21.8. The van der Waals surface area contributed by atoms with Crippen molar-refractivity contribution in [2.75, 3.05) is 6.54 Å². The minimum Gasteiger partial charge on any atom is -0.481 e. The molecule has 3 atom stereocenters. The quantitative estimate of drug-likeness (QED) is 0.588. The van der Waals surface area contributed by atoms with Gasteiger partial charge < -0.3 is 10.2 Å². The Kier molecular flexibility index (Phi) is 6.63. The summed E-state index contributed by atoms with van der Waals surface area (Å²) >= 11 is 5.81. The van der Waals surface area contributed by atoms with Crippen molar-refractivity contribution in [1.82, 2.24) is 4.72 Å². The Hall–Kier alpha value is -1.93. The molecule has 0 amide bonds. The van der Waals surface area contributed by atoms with Crippen molar-refractivity contribution < 1.29 is 23.4 Å². The topological polar surface area (TPSA) is 104 Å². The smallest absolute Gasteiger partial charge is 0.309 e. The van der Waals surface area contributed by atoms with Crippen LogP contribution in [0.15, 0.2) is 47.4 Å². The van der Waals surface area contributed by atoms with Crippen LogP contribution in [-0.2, 0) is 27.7 Å². The second kappa shape index (κ2) is 8.83. The van der Waals surface area contributed by atoms with Gasteiger partial charge >= 0.3 is 5.97 Å². The molecule has 29 heavy (non-hydrogen) atoms. The highest BCUT2D eigenvalue weighted by Gasteiger charge is 2.29. The molecule has 2 aromatic rings. The van der Waals surface area contributed by atoms with Crippen molar-refractivity contribution in [3.05, 3.63) is 64.2 Å². The number of hydrogen-bond donors (Lipinski definition) is 3. The lowest BCUT2D eigenvalue weighted by atomic mass is 9.92. The first-order chi connectivity index (χ1) is 13.7. The molecule has 3 N–H and O–H groups in total. The minimum atomic E-state index is -3.61. The third-order valence-corrected chi connectivity index (χ3v) is 7.10. The van der Waals surface area contributed by atoms with Crippen LogP contribution in [0.1, 0.15) is 36.1 Å². The molecule has 3 rings (SSSR count). The Morgan fingerprint density at radius 3 is 2.45 bits per heavy atom. The van der Waals surface area contributed by atoms with Crippen molar-refractivity contribution in [1.29, 1.82) is 0 Å². The molecule has 1 aliphatic rings. The molecule has 0 fully saturated rings. The van der Waals surface area contributed by atoms with Crippen molar-refractivity contribution in [2.24, 2.45) is 11.8 Å². The number of sulfonamides is 1. The number of carboxylic acids is 1. The molecule has 156 valence electrons. The molecule has 0 saturated carbocycles. The van der Waals surface area contributed by atoms with E-state index in [2.05, 4.69) is 4.72 Å². The van der Waals surface area contributed by atoms with Crippen LogP contribution in [0, 0.1) is 11.8 Å². The normalized spacial score (nSPS) is 18.2. The predicted molar refractivity (Wildman–Crippen MR) is 110 cm³/mol. The number of carbonyl (C=O) groups is 1. The predicted octanol–water partition coefficient (Wildman–Crippen LogP) is 3.18. The number of fused-ring (bicyclic) bond motifs is 1. The molecular formula is C21H24ClNO5S. The van der Waals surface area contributed by atoms with Crippen LogP contribution in [0.3, 0.4) is 0 Å². The lowest BCUT2D eigenvalue weighted by Gasteiger charge is -2.18. The molecule has 8 heteroatoms. The van der Waals surface area contributed by atoms with E-state index in [0.29, 0.717) is 30.0 Å². The highest BCUT2D eigenvalue weighted by Crippen LogP contribution is 2.32. The third-order valence-electron chi connectivity index (χ3n) is 5.41. The number of rotatable bonds is 8. The molecule has 3 unspecified atom stereocenters. The average molecular weight is 438 g/mol. The van der Waals surface area contributed by atoms with Crippen molar-refractivity contribution in [2.45, 2.75) is 37.2 Å². The second-order valence-electron chi connectivity index (χ2n) is 7.41. The van der Waals surface area contributed by atoms with E-state index in [0.717, 1.165) is 17.5 Å². The average Bonchev–Trinajstić information content (AvgIpc) is 3.09. The number of carboxylic acid groups (broad SMARTS) is 1. The molecule has 0 radical (unpaired) electrons. The largest absolute Gasteiger partial charge is 0.481 e. The van der Waals surface area contributed by atoms with Gasteiger partial charge in [0.1, 0.15) is 0 Å². The Balaban J connectivity index is 1.66. The van der Waals surface area contributed by atoms with Gasteiger partial charge in [-0.15, -0.1) is 0 Å². The number of aliphatic hydroxyl groups excluding tert-OH is 1.